The van der Waals surface area contributed by atoms with E-state index in [2.05, 4.69) is 52.9 Å². The highest BCUT2D eigenvalue weighted by molar-refractivity contribution is 14.1. The van der Waals surface area contributed by atoms with Crippen LogP contribution in [0.4, 0.5) is 0 Å². The molecule has 1 aromatic rings. The van der Waals surface area contributed by atoms with Crippen LogP contribution >= 0.6 is 22.6 Å². The van der Waals surface area contributed by atoms with Gasteiger partial charge in [-0.05, 0) is 52.6 Å². The highest BCUT2D eigenvalue weighted by Gasteiger charge is 2.42. The van der Waals surface area contributed by atoms with Gasteiger partial charge >= 0.3 is 0 Å². The van der Waals surface area contributed by atoms with E-state index in [0.717, 1.165) is 25.7 Å². The monoisotopic (exact) mass is 324 g/mol. The normalized spacial score (nSPS) is 22.1. The summed E-state index contributed by atoms with van der Waals surface area (Å²) in [4.78, 5) is 11.4. The summed E-state index contributed by atoms with van der Waals surface area (Å²) in [6.45, 7) is 0. The fourth-order valence-electron chi connectivity index (χ4n) is 2.93. The second-order valence-corrected chi connectivity index (χ2v) is 5.86. The molecular formula is C14H13IO. The quantitative estimate of drug-likeness (QED) is 0.663. The molecule has 2 aliphatic rings. The van der Waals surface area contributed by atoms with Crippen LogP contribution in [-0.4, -0.2) is 5.78 Å². The Morgan fingerprint density at radius 2 is 1.81 bits per heavy atom. The van der Waals surface area contributed by atoms with Gasteiger partial charge in [0.05, 0.1) is 0 Å². The van der Waals surface area contributed by atoms with Crippen LogP contribution in [0.25, 0.3) is 6.08 Å². The van der Waals surface area contributed by atoms with Crippen molar-refractivity contribution in [2.24, 2.45) is 0 Å². The Labute approximate surface area is 109 Å². The summed E-state index contributed by atoms with van der Waals surface area (Å²) >= 11 is 2.46. The molecule has 0 heterocycles. The lowest BCUT2D eigenvalue weighted by Crippen LogP contribution is -2.30. The van der Waals surface area contributed by atoms with Gasteiger partial charge in [-0.3, -0.25) is 4.79 Å². The number of Topliss-reactive ketones (excluding diaryl/α,β-unsaturated/α-hetero) is 1. The minimum absolute atomic E-state index is 0.172. The van der Waals surface area contributed by atoms with Crippen molar-refractivity contribution >= 4 is 34.5 Å². The zero-order chi connectivity index (χ0) is 11.2. The van der Waals surface area contributed by atoms with Gasteiger partial charge in [0.2, 0.25) is 0 Å². The number of fused-ring (bicyclic) bond motifs is 2. The molecule has 3 rings (SSSR count). The van der Waals surface area contributed by atoms with E-state index in [4.69, 9.17) is 0 Å². The smallest absolute Gasteiger partial charge is 0.133 e. The summed E-state index contributed by atoms with van der Waals surface area (Å²) < 4.78 is 1.42. The molecule has 1 saturated carbocycles. The molecule has 1 spiro atoms. The highest BCUT2D eigenvalue weighted by atomic mass is 127. The molecule has 0 N–H and O–H groups in total. The van der Waals surface area contributed by atoms with E-state index >= 15 is 0 Å². The molecule has 1 aromatic carbocycles. The standard InChI is InChI=1S/C14H13IO/c15-13-9-10-3-1-2-4-12(10)14(13)7-5-11(16)6-8-14/h1-4,9H,5-8H2. The van der Waals surface area contributed by atoms with Crippen molar-refractivity contribution in [2.75, 3.05) is 0 Å². The van der Waals surface area contributed by atoms with Gasteiger partial charge in [-0.1, -0.05) is 24.3 Å². The number of hydrogen-bond acceptors (Lipinski definition) is 1. The first kappa shape index (κ1) is 10.5. The van der Waals surface area contributed by atoms with Gasteiger partial charge in [-0.2, -0.15) is 0 Å². The summed E-state index contributed by atoms with van der Waals surface area (Å²) in [6.07, 6.45) is 5.77. The largest absolute Gasteiger partial charge is 0.300 e. The topological polar surface area (TPSA) is 17.1 Å². The Kier molecular flexibility index (Phi) is 2.42. The minimum Gasteiger partial charge on any atom is -0.300 e. The molecule has 0 aromatic heterocycles. The molecular weight excluding hydrogens is 311 g/mol. The van der Waals surface area contributed by atoms with Crippen molar-refractivity contribution in [3.63, 3.8) is 0 Å². The first-order valence-electron chi connectivity index (χ1n) is 5.71. The van der Waals surface area contributed by atoms with Crippen LogP contribution in [0.1, 0.15) is 36.8 Å². The summed E-state index contributed by atoms with van der Waals surface area (Å²) in [6, 6.07) is 8.61. The summed E-state index contributed by atoms with van der Waals surface area (Å²) in [5, 5.41) is 0. The number of hydrogen-bond donors (Lipinski definition) is 0. The second kappa shape index (κ2) is 3.69. The maximum absolute atomic E-state index is 11.4. The number of allylic oxidation sites excluding steroid dienone is 1. The van der Waals surface area contributed by atoms with Gasteiger partial charge in [0, 0.05) is 21.8 Å². The van der Waals surface area contributed by atoms with E-state index in [1.807, 2.05) is 0 Å². The molecule has 0 bridgehead atoms. The van der Waals surface area contributed by atoms with E-state index in [1.54, 1.807) is 0 Å². The molecule has 0 unspecified atom stereocenters. The molecule has 1 nitrogen and oxygen atoms in total. The average molecular weight is 324 g/mol. The SMILES string of the molecule is O=C1CCC2(CC1)C(I)=Cc1ccccc12. The van der Waals surface area contributed by atoms with Crippen LogP contribution < -0.4 is 0 Å². The Bertz CT molecular complexity index is 477. The molecule has 1 fully saturated rings. The number of carbonyl (C=O) groups excluding carboxylic acids is 1. The van der Waals surface area contributed by atoms with Crippen molar-refractivity contribution in [2.45, 2.75) is 31.1 Å². The van der Waals surface area contributed by atoms with Gasteiger partial charge in [0.15, 0.2) is 0 Å². The van der Waals surface area contributed by atoms with E-state index in [-0.39, 0.29) is 5.41 Å². The lowest BCUT2D eigenvalue weighted by atomic mass is 9.70. The molecule has 0 radical (unpaired) electrons. The van der Waals surface area contributed by atoms with Crippen molar-refractivity contribution in [1.29, 1.82) is 0 Å². The molecule has 16 heavy (non-hydrogen) atoms. The Balaban J connectivity index is 2.08. The summed E-state index contributed by atoms with van der Waals surface area (Å²) in [7, 11) is 0. The zero-order valence-corrected chi connectivity index (χ0v) is 11.2. The average Bonchev–Trinajstić information content (AvgIpc) is 2.57. The fraction of sp³-hybridized carbons (Fsp3) is 0.357. The van der Waals surface area contributed by atoms with Gasteiger partial charge in [0.25, 0.3) is 0 Å². The lowest BCUT2D eigenvalue weighted by molar-refractivity contribution is -0.121. The van der Waals surface area contributed by atoms with Crippen LogP contribution in [0, 0.1) is 0 Å². The maximum Gasteiger partial charge on any atom is 0.133 e. The first-order valence-corrected chi connectivity index (χ1v) is 6.79. The van der Waals surface area contributed by atoms with Gasteiger partial charge in [-0.25, -0.2) is 0 Å². The molecule has 0 aliphatic heterocycles. The van der Waals surface area contributed by atoms with Crippen LogP contribution in [0.5, 0.6) is 0 Å². The Hall–Kier alpha value is -0.640. The fourth-order valence-corrected chi connectivity index (χ4v) is 4.09. The van der Waals surface area contributed by atoms with Gasteiger partial charge < -0.3 is 0 Å². The van der Waals surface area contributed by atoms with Gasteiger partial charge in [0.1, 0.15) is 5.78 Å². The number of carbonyl (C=O) groups is 1. The van der Waals surface area contributed by atoms with E-state index in [1.165, 1.54) is 14.7 Å². The minimum atomic E-state index is 0.172. The first-order chi connectivity index (χ1) is 7.72. The van der Waals surface area contributed by atoms with Crippen LogP contribution in [0.3, 0.4) is 0 Å². The van der Waals surface area contributed by atoms with Crippen molar-refractivity contribution < 1.29 is 4.79 Å². The van der Waals surface area contributed by atoms with E-state index in [9.17, 15) is 4.79 Å². The maximum atomic E-state index is 11.4. The zero-order valence-electron chi connectivity index (χ0n) is 9.00. The molecule has 0 atom stereocenters. The highest BCUT2D eigenvalue weighted by Crippen LogP contribution is 2.52. The van der Waals surface area contributed by atoms with Gasteiger partial charge in [-0.15, -0.1) is 0 Å². The molecule has 0 saturated heterocycles. The predicted molar refractivity (Wildman–Crippen MR) is 73.6 cm³/mol. The summed E-state index contributed by atoms with van der Waals surface area (Å²) in [5.41, 5.74) is 2.96. The van der Waals surface area contributed by atoms with E-state index < -0.39 is 0 Å². The molecule has 82 valence electrons. The number of ketones is 1. The summed E-state index contributed by atoms with van der Waals surface area (Å²) in [5.74, 6) is 0.430. The Morgan fingerprint density at radius 1 is 1.12 bits per heavy atom. The lowest BCUT2D eigenvalue weighted by Gasteiger charge is -2.35. The van der Waals surface area contributed by atoms with E-state index in [0.29, 0.717) is 5.78 Å². The van der Waals surface area contributed by atoms with Crippen molar-refractivity contribution in [3.8, 4) is 0 Å². The van der Waals surface area contributed by atoms with Crippen molar-refractivity contribution in [1.82, 2.24) is 0 Å². The molecule has 0 amide bonds. The number of benzene rings is 1. The number of rotatable bonds is 0. The molecule has 2 heteroatoms. The third-order valence-electron chi connectivity index (χ3n) is 3.88. The number of halogens is 1. The van der Waals surface area contributed by atoms with Crippen LogP contribution in [-0.2, 0) is 10.2 Å². The Morgan fingerprint density at radius 3 is 2.56 bits per heavy atom. The van der Waals surface area contributed by atoms with Crippen molar-refractivity contribution in [3.05, 3.63) is 39.0 Å². The third-order valence-corrected chi connectivity index (χ3v) is 5.22. The predicted octanol–water partition coefficient (Wildman–Crippen LogP) is 3.86. The van der Waals surface area contributed by atoms with Crippen LogP contribution in [0.2, 0.25) is 0 Å². The molecule has 2 aliphatic carbocycles. The third kappa shape index (κ3) is 1.39. The van der Waals surface area contributed by atoms with Crippen LogP contribution in [0.15, 0.2) is 27.8 Å². The second-order valence-electron chi connectivity index (χ2n) is 4.70.